The Morgan fingerprint density at radius 1 is 1.38 bits per heavy atom. The molecule has 3 rings (SSSR count). The predicted molar refractivity (Wildman–Crippen MR) is 76.0 cm³/mol. The Hall–Kier alpha value is -1.49. The van der Waals surface area contributed by atoms with Crippen molar-refractivity contribution in [3.8, 4) is 0 Å². The highest BCUT2D eigenvalue weighted by Gasteiger charge is 2.53. The van der Waals surface area contributed by atoms with Crippen molar-refractivity contribution < 1.29 is 13.6 Å². The van der Waals surface area contributed by atoms with Gasteiger partial charge in [-0.3, -0.25) is 10.1 Å². The van der Waals surface area contributed by atoms with E-state index < -0.39 is 24.7 Å². The molecule has 0 aromatic heterocycles. The summed E-state index contributed by atoms with van der Waals surface area (Å²) in [4.78, 5) is 14.0. The summed E-state index contributed by atoms with van der Waals surface area (Å²) in [6, 6.07) is 7.71. The third kappa shape index (κ3) is 2.55. The second-order valence-electron chi connectivity index (χ2n) is 6.10. The van der Waals surface area contributed by atoms with Crippen molar-refractivity contribution in [2.24, 2.45) is 0 Å². The molecule has 1 spiro atoms. The van der Waals surface area contributed by atoms with Gasteiger partial charge in [0.2, 0.25) is 5.91 Å². The molecule has 1 saturated carbocycles. The number of aryl methyl sites for hydroxylation is 1. The molecule has 1 aromatic carbocycles. The Kier molecular flexibility index (Phi) is 3.69. The van der Waals surface area contributed by atoms with E-state index >= 15 is 0 Å². The SMILES string of the molecule is Cc1cccc(C2NC3(CCCC3)C(=O)N2CC(F)F)c1. The molecule has 1 heterocycles. The first-order valence-electron chi connectivity index (χ1n) is 7.45. The lowest BCUT2D eigenvalue weighted by molar-refractivity contribution is -0.135. The van der Waals surface area contributed by atoms with Crippen molar-refractivity contribution >= 4 is 5.91 Å². The number of alkyl halides is 2. The van der Waals surface area contributed by atoms with E-state index in [0.717, 1.165) is 36.8 Å². The average Bonchev–Trinajstić information content (AvgIpc) is 3.00. The molecule has 1 N–H and O–H groups in total. The van der Waals surface area contributed by atoms with Gasteiger partial charge >= 0.3 is 0 Å². The Balaban J connectivity index is 1.94. The van der Waals surface area contributed by atoms with E-state index in [4.69, 9.17) is 0 Å². The summed E-state index contributed by atoms with van der Waals surface area (Å²) in [5.74, 6) is -0.160. The van der Waals surface area contributed by atoms with Gasteiger partial charge in [-0.15, -0.1) is 0 Å². The van der Waals surface area contributed by atoms with Gasteiger partial charge < -0.3 is 4.90 Å². The Morgan fingerprint density at radius 3 is 2.71 bits per heavy atom. The van der Waals surface area contributed by atoms with Crippen molar-refractivity contribution in [1.29, 1.82) is 0 Å². The first-order chi connectivity index (χ1) is 10.0. The summed E-state index contributed by atoms with van der Waals surface area (Å²) in [5.41, 5.74) is 1.32. The van der Waals surface area contributed by atoms with Crippen LogP contribution in [0.3, 0.4) is 0 Å². The molecule has 1 amide bonds. The molecule has 2 fully saturated rings. The second kappa shape index (κ2) is 5.37. The third-order valence-electron chi connectivity index (χ3n) is 4.54. The number of halogens is 2. The highest BCUT2D eigenvalue weighted by atomic mass is 19.3. The average molecular weight is 294 g/mol. The summed E-state index contributed by atoms with van der Waals surface area (Å²) in [5, 5.41) is 3.36. The number of carbonyl (C=O) groups is 1. The highest BCUT2D eigenvalue weighted by molar-refractivity contribution is 5.89. The van der Waals surface area contributed by atoms with E-state index in [9.17, 15) is 13.6 Å². The largest absolute Gasteiger partial charge is 0.316 e. The van der Waals surface area contributed by atoms with Crippen LogP contribution < -0.4 is 5.32 Å². The quantitative estimate of drug-likeness (QED) is 0.929. The molecule has 0 radical (unpaired) electrons. The van der Waals surface area contributed by atoms with Crippen LogP contribution in [0, 0.1) is 6.92 Å². The lowest BCUT2D eigenvalue weighted by atomic mass is 9.98. The maximum atomic E-state index is 12.9. The molecule has 1 aromatic rings. The van der Waals surface area contributed by atoms with Gasteiger partial charge in [0.1, 0.15) is 6.17 Å². The summed E-state index contributed by atoms with van der Waals surface area (Å²) < 4.78 is 25.8. The molecule has 1 atom stereocenters. The van der Waals surface area contributed by atoms with Crippen molar-refractivity contribution in [2.75, 3.05) is 6.54 Å². The van der Waals surface area contributed by atoms with Crippen LogP contribution in [0.1, 0.15) is 43.0 Å². The van der Waals surface area contributed by atoms with E-state index in [2.05, 4.69) is 5.32 Å². The molecule has 114 valence electrons. The van der Waals surface area contributed by atoms with E-state index in [0.29, 0.717) is 0 Å². The van der Waals surface area contributed by atoms with Gasteiger partial charge in [0.25, 0.3) is 6.43 Å². The summed E-state index contributed by atoms with van der Waals surface area (Å²) in [6.07, 6.45) is 0.481. The van der Waals surface area contributed by atoms with Gasteiger partial charge in [0.15, 0.2) is 0 Å². The third-order valence-corrected chi connectivity index (χ3v) is 4.54. The molecule has 3 nitrogen and oxygen atoms in total. The van der Waals surface area contributed by atoms with Crippen LogP contribution in [-0.2, 0) is 4.79 Å². The number of nitrogens with one attached hydrogen (secondary N) is 1. The molecule has 0 bridgehead atoms. The summed E-state index contributed by atoms with van der Waals surface area (Å²) in [7, 11) is 0. The maximum Gasteiger partial charge on any atom is 0.255 e. The first-order valence-corrected chi connectivity index (χ1v) is 7.45. The van der Waals surface area contributed by atoms with Gasteiger partial charge in [0.05, 0.1) is 12.1 Å². The van der Waals surface area contributed by atoms with Gasteiger partial charge in [-0.05, 0) is 25.3 Å². The normalized spacial score (nSPS) is 24.5. The van der Waals surface area contributed by atoms with Gasteiger partial charge in [0, 0.05) is 0 Å². The van der Waals surface area contributed by atoms with E-state index in [-0.39, 0.29) is 5.91 Å². The molecule has 2 aliphatic rings. The minimum Gasteiger partial charge on any atom is -0.316 e. The monoisotopic (exact) mass is 294 g/mol. The highest BCUT2D eigenvalue weighted by Crippen LogP contribution is 2.41. The van der Waals surface area contributed by atoms with Crippen LogP contribution in [0.25, 0.3) is 0 Å². The molecule has 21 heavy (non-hydrogen) atoms. The van der Waals surface area contributed by atoms with Crippen molar-refractivity contribution in [1.82, 2.24) is 10.2 Å². The van der Waals surface area contributed by atoms with Gasteiger partial charge in [-0.2, -0.15) is 0 Å². The minimum atomic E-state index is -2.51. The number of hydrogen-bond acceptors (Lipinski definition) is 2. The molecule has 1 aliphatic heterocycles. The second-order valence-corrected chi connectivity index (χ2v) is 6.10. The van der Waals surface area contributed by atoms with Gasteiger partial charge in [-0.1, -0.05) is 42.7 Å². The van der Waals surface area contributed by atoms with Crippen LogP contribution in [-0.4, -0.2) is 29.3 Å². The van der Waals surface area contributed by atoms with Crippen LogP contribution >= 0.6 is 0 Å². The van der Waals surface area contributed by atoms with E-state index in [1.165, 1.54) is 4.90 Å². The molecule has 5 heteroatoms. The van der Waals surface area contributed by atoms with Crippen LogP contribution in [0.2, 0.25) is 0 Å². The number of nitrogens with zero attached hydrogens (tertiary/aromatic N) is 1. The van der Waals surface area contributed by atoms with Crippen LogP contribution in [0.15, 0.2) is 24.3 Å². The predicted octanol–water partition coefficient (Wildman–Crippen LogP) is 3.00. The smallest absolute Gasteiger partial charge is 0.255 e. The van der Waals surface area contributed by atoms with Gasteiger partial charge in [-0.25, -0.2) is 8.78 Å². The zero-order chi connectivity index (χ0) is 15.0. The fourth-order valence-corrected chi connectivity index (χ4v) is 3.57. The van der Waals surface area contributed by atoms with Crippen molar-refractivity contribution in [2.45, 2.75) is 50.7 Å². The summed E-state index contributed by atoms with van der Waals surface area (Å²) >= 11 is 0. The van der Waals surface area contributed by atoms with E-state index in [1.54, 1.807) is 0 Å². The Bertz CT molecular complexity index is 541. The molecule has 1 saturated heterocycles. The lowest BCUT2D eigenvalue weighted by Crippen LogP contribution is -2.44. The van der Waals surface area contributed by atoms with Crippen LogP contribution in [0.4, 0.5) is 8.78 Å². The van der Waals surface area contributed by atoms with Crippen molar-refractivity contribution in [3.05, 3.63) is 35.4 Å². The number of benzene rings is 1. The molecule has 1 aliphatic carbocycles. The lowest BCUT2D eigenvalue weighted by Gasteiger charge is -2.24. The zero-order valence-electron chi connectivity index (χ0n) is 12.1. The number of amides is 1. The standard InChI is InChI=1S/C16H20F2N2O/c1-11-5-4-6-12(9-11)14-19-16(7-2-3-8-16)15(21)20(14)10-13(17)18/h4-6,9,13-14,19H,2-3,7-8,10H2,1H3. The Labute approximate surface area is 123 Å². The minimum absolute atomic E-state index is 0.160. The number of hydrogen-bond donors (Lipinski definition) is 1. The Morgan fingerprint density at radius 2 is 2.10 bits per heavy atom. The maximum absolute atomic E-state index is 12.9. The number of carbonyl (C=O) groups excluding carboxylic acids is 1. The fourth-order valence-electron chi connectivity index (χ4n) is 3.57. The molecular weight excluding hydrogens is 274 g/mol. The number of rotatable bonds is 3. The fraction of sp³-hybridized carbons (Fsp3) is 0.562. The van der Waals surface area contributed by atoms with E-state index in [1.807, 2.05) is 31.2 Å². The van der Waals surface area contributed by atoms with Crippen molar-refractivity contribution in [3.63, 3.8) is 0 Å². The molecular formula is C16H20F2N2O. The van der Waals surface area contributed by atoms with Crippen LogP contribution in [0.5, 0.6) is 0 Å². The zero-order valence-corrected chi connectivity index (χ0v) is 12.1. The summed E-state index contributed by atoms with van der Waals surface area (Å²) in [6.45, 7) is 1.45. The molecule has 1 unspecified atom stereocenters. The first kappa shape index (κ1) is 14.4. The topological polar surface area (TPSA) is 32.3 Å².